The van der Waals surface area contributed by atoms with Crippen molar-refractivity contribution in [1.82, 2.24) is 10.2 Å². The van der Waals surface area contributed by atoms with Crippen LogP contribution < -0.4 is 10.1 Å². The standard InChI is InChI=1S/C25H33ClN2O3S/c1-18(2)16-27-25(30)19(3)28(17-20-7-11-22(31-4)12-8-20)24(29)6-5-15-32-23-13-9-21(26)10-14-23/h7-14,18-19H,5-6,15-17H2,1-4H3,(H,27,30). The Morgan fingerprint density at radius 3 is 2.31 bits per heavy atom. The first-order valence-corrected chi connectivity index (χ1v) is 12.2. The molecule has 0 saturated carbocycles. The van der Waals surface area contributed by atoms with E-state index >= 15 is 0 Å². The number of rotatable bonds is 12. The Kier molecular flexibility index (Phi) is 10.9. The van der Waals surface area contributed by atoms with E-state index in [1.165, 1.54) is 0 Å². The average molecular weight is 477 g/mol. The molecule has 7 heteroatoms. The minimum atomic E-state index is -0.549. The van der Waals surface area contributed by atoms with Gasteiger partial charge in [-0.1, -0.05) is 37.6 Å². The highest BCUT2D eigenvalue weighted by Gasteiger charge is 2.25. The van der Waals surface area contributed by atoms with Gasteiger partial charge in [-0.05, 0) is 67.0 Å². The zero-order valence-corrected chi connectivity index (χ0v) is 20.8. The van der Waals surface area contributed by atoms with E-state index in [9.17, 15) is 9.59 Å². The molecule has 0 bridgehead atoms. The smallest absolute Gasteiger partial charge is 0.242 e. The van der Waals surface area contributed by atoms with Crippen molar-refractivity contribution in [3.8, 4) is 5.75 Å². The summed E-state index contributed by atoms with van der Waals surface area (Å²) in [6.07, 6.45) is 1.12. The first-order chi connectivity index (χ1) is 15.3. The van der Waals surface area contributed by atoms with Crippen LogP contribution in [0.15, 0.2) is 53.4 Å². The monoisotopic (exact) mass is 476 g/mol. The topological polar surface area (TPSA) is 58.6 Å². The van der Waals surface area contributed by atoms with Crippen LogP contribution >= 0.6 is 23.4 Å². The number of nitrogens with zero attached hydrogens (tertiary/aromatic N) is 1. The number of benzene rings is 2. The normalized spacial score (nSPS) is 11.8. The molecule has 0 aliphatic heterocycles. The van der Waals surface area contributed by atoms with Crippen LogP contribution in [-0.2, 0) is 16.1 Å². The molecule has 5 nitrogen and oxygen atoms in total. The third-order valence-electron chi connectivity index (χ3n) is 4.98. The second-order valence-electron chi connectivity index (χ2n) is 8.09. The van der Waals surface area contributed by atoms with Crippen molar-refractivity contribution in [3.05, 3.63) is 59.1 Å². The fourth-order valence-electron chi connectivity index (χ4n) is 3.05. The minimum absolute atomic E-state index is 0.0234. The Hall–Kier alpha value is -2.18. The van der Waals surface area contributed by atoms with Crippen LogP contribution in [0.1, 0.15) is 39.2 Å². The summed E-state index contributed by atoms with van der Waals surface area (Å²) < 4.78 is 5.22. The Bertz CT molecular complexity index is 856. The molecular weight excluding hydrogens is 444 g/mol. The van der Waals surface area contributed by atoms with E-state index in [1.54, 1.807) is 30.7 Å². The van der Waals surface area contributed by atoms with Crippen LogP contribution in [0.3, 0.4) is 0 Å². The first kappa shape index (κ1) is 26.1. The number of carbonyl (C=O) groups is 2. The summed E-state index contributed by atoms with van der Waals surface area (Å²) in [5, 5.41) is 3.66. The molecule has 0 heterocycles. The third-order valence-corrected chi connectivity index (χ3v) is 6.33. The van der Waals surface area contributed by atoms with E-state index in [4.69, 9.17) is 16.3 Å². The number of halogens is 1. The quantitative estimate of drug-likeness (QED) is 0.328. The SMILES string of the molecule is COc1ccc(CN(C(=O)CCCSc2ccc(Cl)cc2)C(C)C(=O)NCC(C)C)cc1. The van der Waals surface area contributed by atoms with Gasteiger partial charge in [-0.25, -0.2) is 0 Å². The molecule has 2 aromatic rings. The Balaban J connectivity index is 1.99. The van der Waals surface area contributed by atoms with Crippen molar-refractivity contribution in [2.45, 2.75) is 51.1 Å². The van der Waals surface area contributed by atoms with Crippen LogP contribution in [0.25, 0.3) is 0 Å². The number of hydrogen-bond donors (Lipinski definition) is 1. The maximum Gasteiger partial charge on any atom is 0.242 e. The molecule has 32 heavy (non-hydrogen) atoms. The molecule has 0 spiro atoms. The molecule has 174 valence electrons. The summed E-state index contributed by atoms with van der Waals surface area (Å²) in [7, 11) is 1.62. The van der Waals surface area contributed by atoms with E-state index in [1.807, 2.05) is 62.4 Å². The van der Waals surface area contributed by atoms with Gasteiger partial charge in [-0.2, -0.15) is 0 Å². The highest BCUT2D eigenvalue weighted by Crippen LogP contribution is 2.22. The van der Waals surface area contributed by atoms with Gasteiger partial charge in [-0.3, -0.25) is 9.59 Å². The van der Waals surface area contributed by atoms with Gasteiger partial charge in [-0.15, -0.1) is 11.8 Å². The van der Waals surface area contributed by atoms with Crippen LogP contribution in [0.2, 0.25) is 5.02 Å². The Morgan fingerprint density at radius 2 is 1.72 bits per heavy atom. The molecule has 0 radical (unpaired) electrons. The number of thioether (sulfide) groups is 1. The van der Waals surface area contributed by atoms with Gasteiger partial charge in [0.15, 0.2) is 0 Å². The maximum atomic E-state index is 13.1. The molecular formula is C25H33ClN2O3S. The molecule has 0 fully saturated rings. The van der Waals surface area contributed by atoms with E-state index in [0.717, 1.165) is 28.4 Å². The molecule has 0 aliphatic rings. The lowest BCUT2D eigenvalue weighted by Crippen LogP contribution is -2.48. The second kappa shape index (κ2) is 13.4. The third kappa shape index (κ3) is 8.75. The lowest BCUT2D eigenvalue weighted by molar-refractivity contribution is -0.140. The van der Waals surface area contributed by atoms with Gasteiger partial charge in [0.2, 0.25) is 11.8 Å². The lowest BCUT2D eigenvalue weighted by Gasteiger charge is -2.29. The highest BCUT2D eigenvalue weighted by atomic mass is 35.5. The fraction of sp³-hybridized carbons (Fsp3) is 0.440. The maximum absolute atomic E-state index is 13.1. The molecule has 2 rings (SSSR count). The number of carbonyl (C=O) groups excluding carboxylic acids is 2. The van der Waals surface area contributed by atoms with E-state index < -0.39 is 6.04 Å². The van der Waals surface area contributed by atoms with E-state index in [-0.39, 0.29) is 11.8 Å². The molecule has 0 saturated heterocycles. The highest BCUT2D eigenvalue weighted by molar-refractivity contribution is 7.99. The van der Waals surface area contributed by atoms with Crippen molar-refractivity contribution < 1.29 is 14.3 Å². The molecule has 2 aromatic carbocycles. The van der Waals surface area contributed by atoms with Crippen molar-refractivity contribution in [2.75, 3.05) is 19.4 Å². The average Bonchev–Trinajstić information content (AvgIpc) is 2.79. The van der Waals surface area contributed by atoms with Crippen molar-refractivity contribution in [3.63, 3.8) is 0 Å². The predicted molar refractivity (Wildman–Crippen MR) is 132 cm³/mol. The summed E-state index contributed by atoms with van der Waals surface area (Å²) in [6.45, 7) is 6.85. The summed E-state index contributed by atoms with van der Waals surface area (Å²) in [4.78, 5) is 28.6. The number of methoxy groups -OCH3 is 1. The summed E-state index contributed by atoms with van der Waals surface area (Å²) in [5.74, 6) is 1.77. The molecule has 2 amide bonds. The van der Waals surface area contributed by atoms with Crippen molar-refractivity contribution in [2.24, 2.45) is 5.92 Å². The van der Waals surface area contributed by atoms with Gasteiger partial charge < -0.3 is 15.0 Å². The first-order valence-electron chi connectivity index (χ1n) is 10.9. The van der Waals surface area contributed by atoms with Gasteiger partial charge in [0.05, 0.1) is 7.11 Å². The lowest BCUT2D eigenvalue weighted by atomic mass is 10.1. The van der Waals surface area contributed by atoms with Crippen LogP contribution in [0, 0.1) is 5.92 Å². The molecule has 0 aromatic heterocycles. The Morgan fingerprint density at radius 1 is 1.06 bits per heavy atom. The van der Waals surface area contributed by atoms with E-state index in [2.05, 4.69) is 5.32 Å². The summed E-state index contributed by atoms with van der Waals surface area (Å²) in [5.41, 5.74) is 0.957. The molecule has 0 aliphatic carbocycles. The summed E-state index contributed by atoms with van der Waals surface area (Å²) in [6, 6.07) is 14.7. The van der Waals surface area contributed by atoms with Crippen LogP contribution in [0.5, 0.6) is 5.75 Å². The predicted octanol–water partition coefficient (Wildman–Crippen LogP) is 5.41. The number of hydrogen-bond acceptors (Lipinski definition) is 4. The zero-order valence-electron chi connectivity index (χ0n) is 19.3. The van der Waals surface area contributed by atoms with Gasteiger partial charge in [0.25, 0.3) is 0 Å². The van der Waals surface area contributed by atoms with E-state index in [0.29, 0.717) is 30.5 Å². The zero-order chi connectivity index (χ0) is 23.5. The number of nitrogens with one attached hydrogen (secondary N) is 1. The number of ether oxygens (including phenoxy) is 1. The van der Waals surface area contributed by atoms with Crippen LogP contribution in [0.4, 0.5) is 0 Å². The molecule has 1 unspecified atom stereocenters. The second-order valence-corrected chi connectivity index (χ2v) is 9.70. The molecule has 1 N–H and O–H groups in total. The van der Waals surface area contributed by atoms with Crippen LogP contribution in [-0.4, -0.2) is 42.2 Å². The number of amides is 2. The van der Waals surface area contributed by atoms with Crippen molar-refractivity contribution in [1.29, 1.82) is 0 Å². The van der Waals surface area contributed by atoms with Crippen molar-refractivity contribution >= 4 is 35.2 Å². The summed E-state index contributed by atoms with van der Waals surface area (Å²) >= 11 is 7.62. The molecule has 1 atom stereocenters. The fourth-order valence-corrected chi connectivity index (χ4v) is 4.03. The largest absolute Gasteiger partial charge is 0.497 e. The van der Waals surface area contributed by atoms with Gasteiger partial charge in [0.1, 0.15) is 11.8 Å². The van der Waals surface area contributed by atoms with Gasteiger partial charge in [0, 0.05) is 29.4 Å². The minimum Gasteiger partial charge on any atom is -0.497 e. The van der Waals surface area contributed by atoms with Gasteiger partial charge >= 0.3 is 0 Å². The Labute approximate surface area is 200 Å².